The van der Waals surface area contributed by atoms with Gasteiger partial charge in [0.15, 0.2) is 0 Å². The molecule has 5 nitrogen and oxygen atoms in total. The van der Waals surface area contributed by atoms with Crippen LogP contribution in [0.25, 0.3) is 0 Å². The number of hydrogen-bond acceptors (Lipinski definition) is 5. The summed E-state index contributed by atoms with van der Waals surface area (Å²) >= 11 is 0. The van der Waals surface area contributed by atoms with Crippen LogP contribution in [0.1, 0.15) is 46.2 Å². The Morgan fingerprint density at radius 3 is 2.65 bits per heavy atom. The molecule has 1 aliphatic carbocycles. The molecule has 0 saturated heterocycles. The predicted molar refractivity (Wildman–Crippen MR) is 78.8 cm³/mol. The highest BCUT2D eigenvalue weighted by Gasteiger charge is 2.20. The lowest BCUT2D eigenvalue weighted by Gasteiger charge is -2.29. The number of hydrogen-bond donors (Lipinski definition) is 1. The smallest absolute Gasteiger partial charge is 0.393 e. The zero-order valence-corrected chi connectivity index (χ0v) is 13.1. The largest absolute Gasteiger partial charge is 0.449 e. The van der Waals surface area contributed by atoms with Crippen LogP contribution in [0.15, 0.2) is 10.7 Å². The molecule has 0 radical (unpaired) electrons. The van der Waals surface area contributed by atoms with Gasteiger partial charge < -0.3 is 14.5 Å². The second-order valence-corrected chi connectivity index (χ2v) is 6.03. The van der Waals surface area contributed by atoms with Crippen LogP contribution in [0.4, 0.5) is 0 Å². The van der Waals surface area contributed by atoms with Crippen LogP contribution in [0.2, 0.25) is 0 Å². The third-order valence-corrected chi connectivity index (χ3v) is 3.58. The number of oxazole rings is 1. The molecule has 1 aromatic rings. The van der Waals surface area contributed by atoms with Crippen LogP contribution >= 0.6 is 0 Å². The van der Waals surface area contributed by atoms with Gasteiger partial charge in [-0.25, -0.2) is 0 Å². The molecule has 2 rings (SSSR count). The molecule has 1 heterocycles. The van der Waals surface area contributed by atoms with Gasteiger partial charge in [-0.15, -0.1) is 0 Å². The topological polar surface area (TPSA) is 50.5 Å². The van der Waals surface area contributed by atoms with Crippen molar-refractivity contribution in [2.24, 2.45) is 0 Å². The minimum Gasteiger partial charge on any atom is -0.449 e. The molecule has 1 aromatic heterocycles. The Hall–Kier alpha value is -1.07. The highest BCUT2D eigenvalue weighted by atomic mass is 16.6. The van der Waals surface area contributed by atoms with Crippen LogP contribution < -0.4 is 10.1 Å². The third kappa shape index (κ3) is 4.80. The van der Waals surface area contributed by atoms with Crippen molar-refractivity contribution < 1.29 is 9.15 Å². The molecule has 0 aliphatic heterocycles. The van der Waals surface area contributed by atoms with Crippen molar-refractivity contribution in [1.82, 2.24) is 15.2 Å². The molecule has 0 atom stereocenters. The van der Waals surface area contributed by atoms with Crippen LogP contribution in [0, 0.1) is 0 Å². The lowest BCUT2D eigenvalue weighted by atomic mass is 10.2. The number of rotatable bonds is 9. The molecule has 1 N–H and O–H groups in total. The molecular weight excluding hydrogens is 254 g/mol. The number of nitrogens with zero attached hydrogens (tertiary/aromatic N) is 2. The van der Waals surface area contributed by atoms with Gasteiger partial charge in [-0.1, -0.05) is 0 Å². The minimum absolute atomic E-state index is 0.380. The maximum Gasteiger partial charge on any atom is 0.393 e. The van der Waals surface area contributed by atoms with Crippen molar-refractivity contribution in [3.05, 3.63) is 12.0 Å². The molecule has 114 valence electrons. The van der Waals surface area contributed by atoms with Crippen LogP contribution in [-0.2, 0) is 6.54 Å². The van der Waals surface area contributed by atoms with Gasteiger partial charge in [0, 0.05) is 31.2 Å². The Kier molecular flexibility index (Phi) is 5.43. The van der Waals surface area contributed by atoms with E-state index in [1.54, 1.807) is 6.26 Å². The molecule has 0 aromatic carbocycles. The van der Waals surface area contributed by atoms with E-state index in [9.17, 15) is 0 Å². The summed E-state index contributed by atoms with van der Waals surface area (Å²) in [5.41, 5.74) is 0.913. The first kappa shape index (κ1) is 15.3. The van der Waals surface area contributed by atoms with E-state index in [1.807, 2.05) is 0 Å². The van der Waals surface area contributed by atoms with Crippen LogP contribution in [-0.4, -0.2) is 41.2 Å². The monoisotopic (exact) mass is 281 g/mol. The van der Waals surface area contributed by atoms with Gasteiger partial charge >= 0.3 is 6.08 Å². The lowest BCUT2D eigenvalue weighted by molar-refractivity contribution is 0.127. The average molecular weight is 281 g/mol. The second-order valence-electron chi connectivity index (χ2n) is 6.03. The standard InChI is InChI=1S/C15H27N3O2/c1-11(2)18(12(3)4)7-8-19-15-17-14(10-20-15)9-16-13-5-6-13/h10-13,16H,5-9H2,1-4H3. The molecule has 5 heteroatoms. The first-order valence-electron chi connectivity index (χ1n) is 7.62. The number of ether oxygens (including phenoxy) is 1. The van der Waals surface area contributed by atoms with E-state index in [0.29, 0.717) is 30.8 Å². The zero-order valence-electron chi connectivity index (χ0n) is 13.1. The van der Waals surface area contributed by atoms with Gasteiger partial charge in [0.1, 0.15) is 12.9 Å². The molecule has 0 amide bonds. The normalized spacial score (nSPS) is 15.6. The van der Waals surface area contributed by atoms with Gasteiger partial charge in [-0.05, 0) is 40.5 Å². The molecule has 0 bridgehead atoms. The predicted octanol–water partition coefficient (Wildman–Crippen LogP) is 2.42. The van der Waals surface area contributed by atoms with Gasteiger partial charge in [-0.3, -0.25) is 4.90 Å². The van der Waals surface area contributed by atoms with E-state index >= 15 is 0 Å². The molecule has 0 spiro atoms. The van der Waals surface area contributed by atoms with Gasteiger partial charge in [0.25, 0.3) is 0 Å². The minimum atomic E-state index is 0.380. The SMILES string of the molecule is CC(C)N(CCOc1nc(CNC2CC2)co1)C(C)C. The molecule has 0 unspecified atom stereocenters. The molecular formula is C15H27N3O2. The highest BCUT2D eigenvalue weighted by Crippen LogP contribution is 2.19. The Bertz CT molecular complexity index is 392. The fourth-order valence-electron chi connectivity index (χ4n) is 2.32. The second kappa shape index (κ2) is 7.09. The summed E-state index contributed by atoms with van der Waals surface area (Å²) in [6, 6.07) is 1.71. The highest BCUT2D eigenvalue weighted by molar-refractivity contribution is 5.00. The van der Waals surface area contributed by atoms with Crippen molar-refractivity contribution in [3.63, 3.8) is 0 Å². The fraction of sp³-hybridized carbons (Fsp3) is 0.800. The van der Waals surface area contributed by atoms with Gasteiger partial charge in [0.2, 0.25) is 0 Å². The Labute approximate surface area is 121 Å². The Balaban J connectivity index is 1.70. The Morgan fingerprint density at radius 1 is 1.35 bits per heavy atom. The molecule has 20 heavy (non-hydrogen) atoms. The zero-order chi connectivity index (χ0) is 14.5. The molecule has 1 saturated carbocycles. The van der Waals surface area contributed by atoms with Gasteiger partial charge in [0.05, 0.1) is 5.69 Å². The summed E-state index contributed by atoms with van der Waals surface area (Å²) < 4.78 is 10.9. The fourth-order valence-corrected chi connectivity index (χ4v) is 2.32. The van der Waals surface area contributed by atoms with E-state index in [1.165, 1.54) is 12.8 Å². The summed E-state index contributed by atoms with van der Waals surface area (Å²) in [7, 11) is 0. The summed E-state index contributed by atoms with van der Waals surface area (Å²) in [5.74, 6) is 0. The Morgan fingerprint density at radius 2 is 2.05 bits per heavy atom. The maximum absolute atomic E-state index is 5.59. The van der Waals surface area contributed by atoms with Crippen LogP contribution in [0.5, 0.6) is 6.08 Å². The first-order valence-corrected chi connectivity index (χ1v) is 7.62. The summed E-state index contributed by atoms with van der Waals surface area (Å²) in [6.45, 7) is 11.1. The summed E-state index contributed by atoms with van der Waals surface area (Å²) in [6.07, 6.45) is 4.61. The van der Waals surface area contributed by atoms with Crippen molar-refractivity contribution in [1.29, 1.82) is 0 Å². The lowest BCUT2D eigenvalue weighted by Crippen LogP contribution is -2.39. The summed E-state index contributed by atoms with van der Waals surface area (Å²) in [4.78, 5) is 6.71. The van der Waals surface area contributed by atoms with E-state index < -0.39 is 0 Å². The van der Waals surface area contributed by atoms with Gasteiger partial charge in [-0.2, -0.15) is 4.98 Å². The maximum atomic E-state index is 5.59. The quantitative estimate of drug-likeness (QED) is 0.753. The van der Waals surface area contributed by atoms with Crippen molar-refractivity contribution in [2.75, 3.05) is 13.2 Å². The third-order valence-electron chi connectivity index (χ3n) is 3.58. The summed E-state index contributed by atoms with van der Waals surface area (Å²) in [5, 5.41) is 3.40. The van der Waals surface area contributed by atoms with E-state index in [0.717, 1.165) is 18.8 Å². The van der Waals surface area contributed by atoms with E-state index in [2.05, 4.69) is 42.9 Å². The van der Waals surface area contributed by atoms with E-state index in [-0.39, 0.29) is 0 Å². The van der Waals surface area contributed by atoms with E-state index in [4.69, 9.17) is 9.15 Å². The number of aromatic nitrogens is 1. The first-order chi connectivity index (χ1) is 9.56. The molecule has 1 aliphatic rings. The van der Waals surface area contributed by atoms with Crippen molar-refractivity contribution in [3.8, 4) is 6.08 Å². The number of nitrogens with one attached hydrogen (secondary N) is 1. The van der Waals surface area contributed by atoms with Crippen molar-refractivity contribution in [2.45, 2.75) is 65.2 Å². The average Bonchev–Trinajstić information content (AvgIpc) is 3.10. The van der Waals surface area contributed by atoms with Crippen LogP contribution in [0.3, 0.4) is 0 Å². The molecule has 1 fully saturated rings. The van der Waals surface area contributed by atoms with Crippen molar-refractivity contribution >= 4 is 0 Å².